The first kappa shape index (κ1) is 15.7. The van der Waals surface area contributed by atoms with Crippen LogP contribution in [0.1, 0.15) is 67.0 Å². The highest BCUT2D eigenvalue weighted by molar-refractivity contribution is 5.93. The van der Waals surface area contributed by atoms with Gasteiger partial charge in [0, 0.05) is 45.1 Å². The van der Waals surface area contributed by atoms with Gasteiger partial charge in [-0.3, -0.25) is 14.3 Å². The molecule has 4 rings (SSSR count). The highest BCUT2D eigenvalue weighted by Gasteiger charge is 2.34. The molecule has 0 bridgehead atoms. The van der Waals surface area contributed by atoms with E-state index in [0.29, 0.717) is 24.6 Å². The number of hydrogen-bond acceptors (Lipinski definition) is 3. The summed E-state index contributed by atoms with van der Waals surface area (Å²) in [5, 5.41) is 4.53. The average molecular weight is 330 g/mol. The summed E-state index contributed by atoms with van der Waals surface area (Å²) in [7, 11) is 1.86. The first-order chi connectivity index (χ1) is 11.6. The van der Waals surface area contributed by atoms with Crippen LogP contribution in [0.3, 0.4) is 0 Å². The second kappa shape index (κ2) is 6.22. The Hall–Kier alpha value is -1.85. The lowest BCUT2D eigenvalue weighted by atomic mass is 10.0. The molecule has 1 unspecified atom stereocenters. The van der Waals surface area contributed by atoms with E-state index in [-0.39, 0.29) is 17.9 Å². The van der Waals surface area contributed by atoms with Crippen LogP contribution in [-0.4, -0.2) is 57.1 Å². The van der Waals surface area contributed by atoms with E-state index in [9.17, 15) is 9.59 Å². The molecule has 1 aromatic heterocycles. The summed E-state index contributed by atoms with van der Waals surface area (Å²) in [6.07, 6.45) is 7.16. The van der Waals surface area contributed by atoms with Crippen LogP contribution in [-0.2, 0) is 11.8 Å². The van der Waals surface area contributed by atoms with Crippen molar-refractivity contribution in [1.82, 2.24) is 19.6 Å². The zero-order valence-electron chi connectivity index (χ0n) is 14.4. The second-order valence-electron chi connectivity index (χ2n) is 7.44. The maximum absolute atomic E-state index is 13.1. The topological polar surface area (TPSA) is 58.4 Å². The van der Waals surface area contributed by atoms with E-state index in [2.05, 4.69) is 5.10 Å². The largest absolute Gasteiger partial charge is 0.341 e. The van der Waals surface area contributed by atoms with Crippen LogP contribution in [0, 0.1) is 0 Å². The number of likely N-dealkylation sites (tertiary alicyclic amines) is 2. The van der Waals surface area contributed by atoms with Crippen LogP contribution in [0.5, 0.6) is 0 Å². The van der Waals surface area contributed by atoms with Crippen molar-refractivity contribution in [2.75, 3.05) is 19.6 Å². The first-order valence-corrected chi connectivity index (χ1v) is 9.26. The molecule has 3 fully saturated rings. The second-order valence-corrected chi connectivity index (χ2v) is 7.44. The lowest BCUT2D eigenvalue weighted by molar-refractivity contribution is -0.128. The fraction of sp³-hybridized carbons (Fsp3) is 0.722. The number of carbonyl (C=O) groups is 2. The molecule has 2 aliphatic heterocycles. The van der Waals surface area contributed by atoms with Crippen LogP contribution in [0.25, 0.3) is 0 Å². The minimum atomic E-state index is 0.0771. The van der Waals surface area contributed by atoms with E-state index >= 15 is 0 Å². The van der Waals surface area contributed by atoms with Gasteiger partial charge in [0.2, 0.25) is 5.91 Å². The summed E-state index contributed by atoms with van der Waals surface area (Å²) in [4.78, 5) is 29.0. The van der Waals surface area contributed by atoms with Crippen molar-refractivity contribution in [2.45, 2.75) is 56.9 Å². The quantitative estimate of drug-likeness (QED) is 0.847. The molecule has 6 nitrogen and oxygen atoms in total. The minimum absolute atomic E-state index is 0.0771. The minimum Gasteiger partial charge on any atom is -0.341 e. The van der Waals surface area contributed by atoms with Gasteiger partial charge in [0.15, 0.2) is 0 Å². The number of aryl methyl sites for hydroxylation is 1. The Morgan fingerprint density at radius 2 is 2.04 bits per heavy atom. The Morgan fingerprint density at radius 1 is 1.21 bits per heavy atom. The summed E-state index contributed by atoms with van der Waals surface area (Å²) in [5.74, 6) is 0.870. The standard InChI is InChI=1S/C18H26N4O2/c1-20-16(11-15(19-20)13-7-8-13)18(24)22-10-3-2-5-14(22)12-21-9-4-6-17(21)23/h11,13-14H,2-10,12H2,1H3. The predicted octanol–water partition coefficient (Wildman–Crippen LogP) is 1.91. The van der Waals surface area contributed by atoms with Crippen LogP contribution in [0.2, 0.25) is 0 Å². The Morgan fingerprint density at radius 3 is 2.75 bits per heavy atom. The molecule has 3 heterocycles. The van der Waals surface area contributed by atoms with Crippen LogP contribution >= 0.6 is 0 Å². The zero-order chi connectivity index (χ0) is 16.7. The molecule has 0 spiro atoms. The molecule has 0 aromatic carbocycles. The summed E-state index contributed by atoms with van der Waals surface area (Å²) in [5.41, 5.74) is 1.75. The summed E-state index contributed by atoms with van der Waals surface area (Å²) in [6, 6.07) is 2.12. The van der Waals surface area contributed by atoms with Gasteiger partial charge in [-0.05, 0) is 44.6 Å². The van der Waals surface area contributed by atoms with Crippen molar-refractivity contribution in [1.29, 1.82) is 0 Å². The highest BCUT2D eigenvalue weighted by Crippen LogP contribution is 2.39. The van der Waals surface area contributed by atoms with Crippen LogP contribution in [0.4, 0.5) is 0 Å². The fourth-order valence-corrected chi connectivity index (χ4v) is 4.02. The lowest BCUT2D eigenvalue weighted by Crippen LogP contribution is -2.50. The smallest absolute Gasteiger partial charge is 0.272 e. The molecule has 1 saturated carbocycles. The lowest BCUT2D eigenvalue weighted by Gasteiger charge is -2.37. The number of carbonyl (C=O) groups excluding carboxylic acids is 2. The Kier molecular flexibility index (Phi) is 4.06. The molecule has 0 N–H and O–H groups in total. The Bertz CT molecular complexity index is 649. The fourth-order valence-electron chi connectivity index (χ4n) is 4.02. The molecule has 3 aliphatic rings. The maximum Gasteiger partial charge on any atom is 0.272 e. The molecule has 6 heteroatoms. The summed E-state index contributed by atoms with van der Waals surface area (Å²) >= 11 is 0. The molecule has 1 aromatic rings. The molecule has 0 radical (unpaired) electrons. The van der Waals surface area contributed by atoms with Crippen molar-refractivity contribution < 1.29 is 9.59 Å². The van der Waals surface area contributed by atoms with Crippen LogP contribution < -0.4 is 0 Å². The number of piperidine rings is 1. The van der Waals surface area contributed by atoms with Crippen molar-refractivity contribution in [3.63, 3.8) is 0 Å². The van der Waals surface area contributed by atoms with Gasteiger partial charge in [0.1, 0.15) is 5.69 Å². The van der Waals surface area contributed by atoms with Crippen LogP contribution in [0.15, 0.2) is 6.07 Å². The Balaban J connectivity index is 1.51. The van der Waals surface area contributed by atoms with E-state index in [0.717, 1.165) is 44.5 Å². The van der Waals surface area contributed by atoms with Gasteiger partial charge in [-0.15, -0.1) is 0 Å². The molecule has 24 heavy (non-hydrogen) atoms. The van der Waals surface area contributed by atoms with E-state index in [1.54, 1.807) is 4.68 Å². The molecule has 1 atom stereocenters. The molecule has 2 amide bonds. The third kappa shape index (κ3) is 2.94. The summed E-state index contributed by atoms with van der Waals surface area (Å²) < 4.78 is 1.74. The first-order valence-electron chi connectivity index (χ1n) is 9.26. The molecule has 1 aliphatic carbocycles. The Labute approximate surface area is 142 Å². The normalized spacial score (nSPS) is 24.7. The van der Waals surface area contributed by atoms with E-state index in [4.69, 9.17) is 0 Å². The van der Waals surface area contributed by atoms with E-state index in [1.807, 2.05) is 22.9 Å². The SMILES string of the molecule is Cn1nc(C2CC2)cc1C(=O)N1CCCCC1CN1CCCC1=O. The third-order valence-electron chi connectivity index (χ3n) is 5.60. The number of amides is 2. The third-order valence-corrected chi connectivity index (χ3v) is 5.60. The monoisotopic (exact) mass is 330 g/mol. The number of aromatic nitrogens is 2. The van der Waals surface area contributed by atoms with Crippen molar-refractivity contribution in [3.05, 3.63) is 17.5 Å². The molecule has 130 valence electrons. The maximum atomic E-state index is 13.1. The summed E-state index contributed by atoms with van der Waals surface area (Å²) in [6.45, 7) is 2.32. The zero-order valence-corrected chi connectivity index (χ0v) is 14.4. The van der Waals surface area contributed by atoms with Gasteiger partial charge in [0.25, 0.3) is 5.91 Å². The van der Waals surface area contributed by atoms with E-state index in [1.165, 1.54) is 12.8 Å². The van der Waals surface area contributed by atoms with Gasteiger partial charge in [-0.1, -0.05) is 0 Å². The average Bonchev–Trinajstić information content (AvgIpc) is 3.25. The van der Waals surface area contributed by atoms with Crippen molar-refractivity contribution in [2.24, 2.45) is 7.05 Å². The number of nitrogens with zero attached hydrogens (tertiary/aromatic N) is 4. The van der Waals surface area contributed by atoms with Gasteiger partial charge in [-0.25, -0.2) is 0 Å². The van der Waals surface area contributed by atoms with Gasteiger partial charge >= 0.3 is 0 Å². The van der Waals surface area contributed by atoms with Gasteiger partial charge in [-0.2, -0.15) is 5.10 Å². The molecule has 2 saturated heterocycles. The number of rotatable bonds is 4. The van der Waals surface area contributed by atoms with E-state index < -0.39 is 0 Å². The predicted molar refractivity (Wildman–Crippen MR) is 89.7 cm³/mol. The highest BCUT2D eigenvalue weighted by atomic mass is 16.2. The van der Waals surface area contributed by atoms with Gasteiger partial charge < -0.3 is 9.80 Å². The molecular formula is C18H26N4O2. The van der Waals surface area contributed by atoms with Crippen molar-refractivity contribution in [3.8, 4) is 0 Å². The molecular weight excluding hydrogens is 304 g/mol. The van der Waals surface area contributed by atoms with Gasteiger partial charge in [0.05, 0.1) is 5.69 Å². The number of hydrogen-bond donors (Lipinski definition) is 0. The van der Waals surface area contributed by atoms with Crippen molar-refractivity contribution >= 4 is 11.8 Å².